The molecule has 1 heterocycles. The van der Waals surface area contributed by atoms with Crippen molar-refractivity contribution >= 4 is 11.9 Å². The Balaban J connectivity index is 2.30. The molecule has 8 heteroatoms. The fourth-order valence-electron chi connectivity index (χ4n) is 0.642. The first-order chi connectivity index (χ1) is 6.18. The normalized spacial score (nSPS) is 9.54. The quantitative estimate of drug-likeness (QED) is 0.496. The van der Waals surface area contributed by atoms with Crippen LogP contribution >= 0.6 is 0 Å². The van der Waals surface area contributed by atoms with Crippen LogP contribution in [0.15, 0.2) is 0 Å². The molecule has 0 fully saturated rings. The third-order valence-corrected chi connectivity index (χ3v) is 1.15. The summed E-state index contributed by atoms with van der Waals surface area (Å²) < 4.78 is 0. The van der Waals surface area contributed by atoms with Crippen molar-refractivity contribution in [1.82, 2.24) is 25.9 Å². The summed E-state index contributed by atoms with van der Waals surface area (Å²) in [5.74, 6) is -1.24. The Hall–Kier alpha value is -1.99. The minimum Gasteiger partial charge on any atom is -0.480 e. The van der Waals surface area contributed by atoms with Crippen LogP contribution in [0.3, 0.4) is 0 Å². The van der Waals surface area contributed by atoms with Crippen molar-refractivity contribution in [2.75, 3.05) is 6.54 Å². The number of H-pyrrole nitrogens is 1. The lowest BCUT2D eigenvalue weighted by Gasteiger charge is -1.97. The van der Waals surface area contributed by atoms with Gasteiger partial charge in [0.2, 0.25) is 5.91 Å². The monoisotopic (exact) mass is 185 g/mol. The zero-order valence-electron chi connectivity index (χ0n) is 6.52. The van der Waals surface area contributed by atoms with E-state index in [1.165, 1.54) is 0 Å². The number of carbonyl (C=O) groups excluding carboxylic acids is 1. The summed E-state index contributed by atoms with van der Waals surface area (Å²) in [6.45, 7) is -0.402. The highest BCUT2D eigenvalue weighted by Crippen LogP contribution is 1.84. The number of aromatic nitrogens is 4. The number of tetrazole rings is 1. The predicted molar refractivity (Wildman–Crippen MR) is 38.5 cm³/mol. The summed E-state index contributed by atoms with van der Waals surface area (Å²) in [6, 6.07) is 0. The van der Waals surface area contributed by atoms with E-state index < -0.39 is 18.4 Å². The molecule has 0 aliphatic rings. The van der Waals surface area contributed by atoms with Crippen LogP contribution in [0.1, 0.15) is 5.82 Å². The van der Waals surface area contributed by atoms with Crippen LogP contribution < -0.4 is 5.32 Å². The van der Waals surface area contributed by atoms with Gasteiger partial charge in [0.05, 0.1) is 6.42 Å². The summed E-state index contributed by atoms with van der Waals surface area (Å²) in [7, 11) is 0. The maximum atomic E-state index is 10.9. The fourth-order valence-corrected chi connectivity index (χ4v) is 0.642. The molecule has 0 saturated heterocycles. The van der Waals surface area contributed by atoms with E-state index in [9.17, 15) is 9.59 Å². The molecule has 0 saturated carbocycles. The van der Waals surface area contributed by atoms with Gasteiger partial charge in [-0.05, 0) is 10.4 Å². The van der Waals surface area contributed by atoms with Crippen molar-refractivity contribution in [3.05, 3.63) is 5.82 Å². The van der Waals surface area contributed by atoms with E-state index >= 15 is 0 Å². The van der Waals surface area contributed by atoms with E-state index in [0.717, 1.165) is 0 Å². The summed E-state index contributed by atoms with van der Waals surface area (Å²) in [5, 5.41) is 22.7. The fraction of sp³-hybridized carbons (Fsp3) is 0.400. The molecule has 1 aromatic heterocycles. The van der Waals surface area contributed by atoms with Gasteiger partial charge in [-0.1, -0.05) is 0 Å². The predicted octanol–water partition coefficient (Wildman–Crippen LogP) is -2.06. The molecule has 0 aromatic carbocycles. The van der Waals surface area contributed by atoms with Crippen molar-refractivity contribution in [2.24, 2.45) is 0 Å². The number of nitrogens with one attached hydrogen (secondary N) is 2. The highest BCUT2D eigenvalue weighted by atomic mass is 16.4. The largest absolute Gasteiger partial charge is 0.480 e. The van der Waals surface area contributed by atoms with Crippen LogP contribution in [0.2, 0.25) is 0 Å². The number of carbonyl (C=O) groups is 2. The summed E-state index contributed by atoms with van der Waals surface area (Å²) >= 11 is 0. The molecular formula is C5H7N5O3. The molecule has 0 aliphatic carbocycles. The Kier molecular flexibility index (Phi) is 2.90. The first kappa shape index (κ1) is 9.10. The van der Waals surface area contributed by atoms with Gasteiger partial charge in [-0.25, -0.2) is 5.10 Å². The third-order valence-electron chi connectivity index (χ3n) is 1.15. The molecule has 3 N–H and O–H groups in total. The van der Waals surface area contributed by atoms with Gasteiger partial charge in [-0.2, -0.15) is 0 Å². The van der Waals surface area contributed by atoms with Gasteiger partial charge < -0.3 is 10.4 Å². The van der Waals surface area contributed by atoms with E-state index in [1.807, 2.05) is 0 Å². The minimum absolute atomic E-state index is 0.0553. The zero-order chi connectivity index (χ0) is 9.68. The van der Waals surface area contributed by atoms with Crippen LogP contribution in [0.4, 0.5) is 0 Å². The van der Waals surface area contributed by atoms with Crippen LogP contribution in [0.25, 0.3) is 0 Å². The molecule has 8 nitrogen and oxygen atoms in total. The second-order valence-electron chi connectivity index (χ2n) is 2.20. The van der Waals surface area contributed by atoms with E-state index in [0.29, 0.717) is 5.82 Å². The van der Waals surface area contributed by atoms with Crippen LogP contribution in [-0.4, -0.2) is 44.2 Å². The Bertz CT molecular complexity index is 295. The number of nitrogens with zero attached hydrogens (tertiary/aromatic N) is 3. The Labute approximate surface area is 72.3 Å². The maximum Gasteiger partial charge on any atom is 0.322 e. The average Bonchev–Trinajstić information content (AvgIpc) is 2.53. The number of aliphatic carboxylic acids is 1. The van der Waals surface area contributed by atoms with E-state index in [-0.39, 0.29) is 6.42 Å². The topological polar surface area (TPSA) is 121 Å². The Morgan fingerprint density at radius 2 is 2.31 bits per heavy atom. The van der Waals surface area contributed by atoms with Crippen molar-refractivity contribution in [2.45, 2.75) is 6.42 Å². The lowest BCUT2D eigenvalue weighted by Crippen LogP contribution is -2.30. The third kappa shape index (κ3) is 3.27. The molecule has 1 aromatic rings. The van der Waals surface area contributed by atoms with E-state index in [1.54, 1.807) is 0 Å². The second kappa shape index (κ2) is 4.14. The highest BCUT2D eigenvalue weighted by molar-refractivity contribution is 5.82. The molecule has 0 radical (unpaired) electrons. The van der Waals surface area contributed by atoms with Gasteiger partial charge in [0.25, 0.3) is 0 Å². The van der Waals surface area contributed by atoms with Gasteiger partial charge in [-0.15, -0.1) is 5.10 Å². The van der Waals surface area contributed by atoms with Crippen molar-refractivity contribution in [3.8, 4) is 0 Å². The lowest BCUT2D eigenvalue weighted by atomic mass is 10.4. The lowest BCUT2D eigenvalue weighted by molar-refractivity contribution is -0.137. The number of rotatable bonds is 4. The van der Waals surface area contributed by atoms with Gasteiger partial charge in [0.1, 0.15) is 6.54 Å². The van der Waals surface area contributed by atoms with Gasteiger partial charge in [0.15, 0.2) is 5.82 Å². The number of aromatic amines is 1. The number of hydrogen-bond acceptors (Lipinski definition) is 5. The Morgan fingerprint density at radius 3 is 2.85 bits per heavy atom. The highest BCUT2D eigenvalue weighted by Gasteiger charge is 2.06. The molecule has 0 bridgehead atoms. The number of amides is 1. The zero-order valence-corrected chi connectivity index (χ0v) is 6.52. The first-order valence-electron chi connectivity index (χ1n) is 3.39. The molecule has 0 unspecified atom stereocenters. The summed E-state index contributed by atoms with van der Waals surface area (Å²) in [6.07, 6.45) is -0.0553. The smallest absolute Gasteiger partial charge is 0.322 e. The van der Waals surface area contributed by atoms with Crippen LogP contribution in [0.5, 0.6) is 0 Å². The van der Waals surface area contributed by atoms with E-state index in [2.05, 4.69) is 25.9 Å². The molecule has 0 aliphatic heterocycles. The molecule has 1 amide bonds. The van der Waals surface area contributed by atoms with Crippen molar-refractivity contribution in [3.63, 3.8) is 0 Å². The van der Waals surface area contributed by atoms with Crippen LogP contribution in [-0.2, 0) is 16.0 Å². The van der Waals surface area contributed by atoms with Gasteiger partial charge >= 0.3 is 5.97 Å². The number of carboxylic acids is 1. The first-order valence-corrected chi connectivity index (χ1v) is 3.39. The Morgan fingerprint density at radius 1 is 1.54 bits per heavy atom. The SMILES string of the molecule is O=C(O)CNC(=O)Cc1nnn[nH]1. The standard InChI is InChI=1S/C5H7N5O3/c11-4(6-2-5(12)13)1-3-7-9-10-8-3/h1-2H2,(H,6,11)(H,12,13)(H,7,8,9,10). The summed E-state index contributed by atoms with van der Waals surface area (Å²) in [5.41, 5.74) is 0. The second-order valence-corrected chi connectivity index (χ2v) is 2.20. The molecule has 70 valence electrons. The molecular weight excluding hydrogens is 178 g/mol. The maximum absolute atomic E-state index is 10.9. The van der Waals surface area contributed by atoms with Gasteiger partial charge in [-0.3, -0.25) is 9.59 Å². The molecule has 0 spiro atoms. The average molecular weight is 185 g/mol. The molecule has 1 rings (SSSR count). The van der Waals surface area contributed by atoms with Crippen LogP contribution in [0, 0.1) is 0 Å². The number of hydrogen-bond donors (Lipinski definition) is 3. The van der Waals surface area contributed by atoms with E-state index in [4.69, 9.17) is 5.11 Å². The minimum atomic E-state index is -1.09. The van der Waals surface area contributed by atoms with Gasteiger partial charge in [0, 0.05) is 0 Å². The summed E-state index contributed by atoms with van der Waals surface area (Å²) in [4.78, 5) is 21.0. The van der Waals surface area contributed by atoms with Crippen molar-refractivity contribution in [1.29, 1.82) is 0 Å². The number of carboxylic acid groups (broad SMARTS) is 1. The molecule has 13 heavy (non-hydrogen) atoms. The van der Waals surface area contributed by atoms with Crippen molar-refractivity contribution < 1.29 is 14.7 Å². The molecule has 0 atom stereocenters.